The normalized spacial score (nSPS) is 11.6. The third kappa shape index (κ3) is 5.88. The summed E-state index contributed by atoms with van der Waals surface area (Å²) in [5.74, 6) is -2.54. The minimum Gasteiger partial charge on any atom is -0.497 e. The summed E-state index contributed by atoms with van der Waals surface area (Å²) in [6.45, 7) is 0.0398. The maximum Gasteiger partial charge on any atom is 0.320 e. The quantitative estimate of drug-likeness (QED) is 0.378. The first-order valence-electron chi connectivity index (χ1n) is 10.2. The molecule has 32 heavy (non-hydrogen) atoms. The maximum atomic E-state index is 12.8. The lowest BCUT2D eigenvalue weighted by Crippen LogP contribution is -2.29. The Morgan fingerprint density at radius 2 is 1.31 bits per heavy atom. The molecule has 0 spiro atoms. The van der Waals surface area contributed by atoms with Gasteiger partial charge in [-0.15, -0.1) is 0 Å². The highest BCUT2D eigenvalue weighted by Gasteiger charge is 2.30. The van der Waals surface area contributed by atoms with Gasteiger partial charge in [0.2, 0.25) is 0 Å². The topological polar surface area (TPSA) is 82.1 Å². The largest absolute Gasteiger partial charge is 0.497 e. The van der Waals surface area contributed by atoms with Crippen molar-refractivity contribution in [1.29, 1.82) is 0 Å². The molecule has 6 heteroatoms. The third-order valence-electron chi connectivity index (χ3n) is 5.23. The number of carboxylic acid groups (broad SMARTS) is 1. The zero-order chi connectivity index (χ0) is 22.9. The van der Waals surface area contributed by atoms with Gasteiger partial charge in [0.1, 0.15) is 18.1 Å². The highest BCUT2D eigenvalue weighted by Crippen LogP contribution is 2.27. The number of benzene rings is 3. The molecule has 0 aromatic heterocycles. The van der Waals surface area contributed by atoms with E-state index in [-0.39, 0.29) is 18.9 Å². The van der Waals surface area contributed by atoms with Crippen LogP contribution in [-0.4, -0.2) is 37.9 Å². The van der Waals surface area contributed by atoms with Crippen LogP contribution in [0.4, 0.5) is 0 Å². The molecular formula is C26H26O6. The van der Waals surface area contributed by atoms with Crippen molar-refractivity contribution in [1.82, 2.24) is 0 Å². The van der Waals surface area contributed by atoms with Gasteiger partial charge in [-0.1, -0.05) is 60.7 Å². The summed E-state index contributed by atoms with van der Waals surface area (Å²) in [6, 6.07) is 24.4. The number of esters is 1. The Morgan fingerprint density at radius 1 is 0.812 bits per heavy atom. The van der Waals surface area contributed by atoms with E-state index in [1.807, 2.05) is 60.7 Å². The van der Waals surface area contributed by atoms with Crippen LogP contribution in [0.5, 0.6) is 11.5 Å². The van der Waals surface area contributed by atoms with Crippen molar-refractivity contribution in [3.8, 4) is 11.5 Å². The average molecular weight is 434 g/mol. The van der Waals surface area contributed by atoms with Crippen molar-refractivity contribution in [3.05, 3.63) is 95.6 Å². The lowest BCUT2D eigenvalue weighted by Gasteiger charge is -2.20. The summed E-state index contributed by atoms with van der Waals surface area (Å²) in [6.07, 6.45) is -0.0386. The van der Waals surface area contributed by atoms with E-state index in [4.69, 9.17) is 14.2 Å². The SMILES string of the molecule is COc1cc(CC(C(=O)O)C(=O)OCC(c2ccccc2)c2ccccc2)cc(OC)c1. The molecule has 3 rings (SSSR count). The predicted octanol–water partition coefficient (Wildman–Crippen LogP) is 4.32. The van der Waals surface area contributed by atoms with E-state index in [2.05, 4.69) is 0 Å². The molecule has 0 saturated heterocycles. The molecule has 0 amide bonds. The first kappa shape index (κ1) is 22.9. The fraction of sp³-hybridized carbons (Fsp3) is 0.231. The molecule has 0 fully saturated rings. The van der Waals surface area contributed by atoms with Gasteiger partial charge in [-0.2, -0.15) is 0 Å². The molecule has 3 aromatic rings. The number of rotatable bonds is 10. The van der Waals surface area contributed by atoms with Crippen molar-refractivity contribution in [3.63, 3.8) is 0 Å². The Kier molecular flexibility index (Phi) is 7.86. The van der Waals surface area contributed by atoms with E-state index < -0.39 is 17.9 Å². The standard InChI is InChI=1S/C26H26O6/c1-30-21-13-18(14-22(16-21)31-2)15-23(25(27)28)26(29)32-17-24(19-9-5-3-6-10-19)20-11-7-4-8-12-20/h3-14,16,23-24H,15,17H2,1-2H3,(H,27,28). The minimum atomic E-state index is -1.35. The molecule has 0 bridgehead atoms. The average Bonchev–Trinajstić information content (AvgIpc) is 2.83. The minimum absolute atomic E-state index is 0.0386. The zero-order valence-electron chi connectivity index (χ0n) is 18.1. The van der Waals surface area contributed by atoms with Crippen LogP contribution in [0.1, 0.15) is 22.6 Å². The molecule has 1 unspecified atom stereocenters. The molecule has 0 aliphatic heterocycles. The molecule has 0 aliphatic rings. The van der Waals surface area contributed by atoms with Gasteiger partial charge in [-0.05, 0) is 35.2 Å². The van der Waals surface area contributed by atoms with Gasteiger partial charge in [-0.3, -0.25) is 9.59 Å². The third-order valence-corrected chi connectivity index (χ3v) is 5.23. The van der Waals surface area contributed by atoms with Crippen LogP contribution in [0.2, 0.25) is 0 Å². The van der Waals surface area contributed by atoms with E-state index in [1.54, 1.807) is 18.2 Å². The van der Waals surface area contributed by atoms with E-state index in [0.29, 0.717) is 17.1 Å². The van der Waals surface area contributed by atoms with Gasteiger partial charge in [0, 0.05) is 12.0 Å². The Bertz CT molecular complexity index is 971. The van der Waals surface area contributed by atoms with E-state index in [0.717, 1.165) is 11.1 Å². The number of hydrogen-bond acceptors (Lipinski definition) is 5. The highest BCUT2D eigenvalue weighted by atomic mass is 16.5. The van der Waals surface area contributed by atoms with E-state index in [9.17, 15) is 14.7 Å². The van der Waals surface area contributed by atoms with E-state index >= 15 is 0 Å². The fourth-order valence-corrected chi connectivity index (χ4v) is 3.51. The van der Waals surface area contributed by atoms with Crippen molar-refractivity contribution in [2.24, 2.45) is 5.92 Å². The van der Waals surface area contributed by atoms with Gasteiger partial charge in [0.05, 0.1) is 14.2 Å². The van der Waals surface area contributed by atoms with Crippen LogP contribution in [0.15, 0.2) is 78.9 Å². The Balaban J connectivity index is 1.77. The lowest BCUT2D eigenvalue weighted by atomic mass is 9.92. The second-order valence-corrected chi connectivity index (χ2v) is 7.32. The molecule has 6 nitrogen and oxygen atoms in total. The monoisotopic (exact) mass is 434 g/mol. The number of ether oxygens (including phenoxy) is 3. The van der Waals surface area contributed by atoms with E-state index in [1.165, 1.54) is 14.2 Å². The van der Waals surface area contributed by atoms with Gasteiger partial charge in [-0.25, -0.2) is 0 Å². The molecule has 0 saturated carbocycles. The predicted molar refractivity (Wildman–Crippen MR) is 120 cm³/mol. The summed E-state index contributed by atoms with van der Waals surface area (Å²) in [5, 5.41) is 9.69. The Morgan fingerprint density at radius 3 is 1.75 bits per heavy atom. The molecular weight excluding hydrogens is 408 g/mol. The van der Waals surface area contributed by atoms with Crippen molar-refractivity contribution in [2.75, 3.05) is 20.8 Å². The van der Waals surface area contributed by atoms with Gasteiger partial charge >= 0.3 is 11.9 Å². The fourth-order valence-electron chi connectivity index (χ4n) is 3.51. The van der Waals surface area contributed by atoms with Crippen LogP contribution >= 0.6 is 0 Å². The number of methoxy groups -OCH3 is 2. The number of hydrogen-bond donors (Lipinski definition) is 1. The zero-order valence-corrected chi connectivity index (χ0v) is 18.1. The summed E-state index contributed by atoms with van der Waals surface area (Å²) in [5.41, 5.74) is 2.57. The number of aliphatic carboxylic acids is 1. The summed E-state index contributed by atoms with van der Waals surface area (Å²) in [7, 11) is 3.02. The van der Waals surface area contributed by atoms with Crippen LogP contribution < -0.4 is 9.47 Å². The molecule has 0 aliphatic carbocycles. The van der Waals surface area contributed by atoms with Crippen LogP contribution in [0.3, 0.4) is 0 Å². The van der Waals surface area contributed by atoms with Gasteiger partial charge in [0.25, 0.3) is 0 Å². The highest BCUT2D eigenvalue weighted by molar-refractivity contribution is 5.94. The first-order valence-corrected chi connectivity index (χ1v) is 10.2. The Hall–Kier alpha value is -3.80. The molecule has 0 heterocycles. The number of carboxylic acids is 1. The number of carbonyl (C=O) groups is 2. The maximum absolute atomic E-state index is 12.8. The summed E-state index contributed by atoms with van der Waals surface area (Å²) >= 11 is 0. The molecule has 1 N–H and O–H groups in total. The van der Waals surface area contributed by atoms with Crippen LogP contribution in [0.25, 0.3) is 0 Å². The Labute approximate surface area is 187 Å². The van der Waals surface area contributed by atoms with Gasteiger partial charge < -0.3 is 19.3 Å². The van der Waals surface area contributed by atoms with Crippen LogP contribution in [0, 0.1) is 5.92 Å². The molecule has 1 atom stereocenters. The van der Waals surface area contributed by atoms with Crippen molar-refractivity contribution >= 4 is 11.9 Å². The summed E-state index contributed by atoms with van der Waals surface area (Å²) in [4.78, 5) is 24.7. The second-order valence-electron chi connectivity index (χ2n) is 7.32. The van der Waals surface area contributed by atoms with Crippen molar-refractivity contribution < 1.29 is 28.9 Å². The van der Waals surface area contributed by atoms with Crippen LogP contribution in [-0.2, 0) is 20.7 Å². The smallest absolute Gasteiger partial charge is 0.320 e. The molecule has 3 aromatic carbocycles. The number of carbonyl (C=O) groups excluding carboxylic acids is 1. The molecule has 166 valence electrons. The lowest BCUT2D eigenvalue weighted by molar-refractivity contribution is -0.158. The van der Waals surface area contributed by atoms with Gasteiger partial charge in [0.15, 0.2) is 5.92 Å². The first-order chi connectivity index (χ1) is 15.5. The van der Waals surface area contributed by atoms with Crippen molar-refractivity contribution in [2.45, 2.75) is 12.3 Å². The summed E-state index contributed by atoms with van der Waals surface area (Å²) < 4.78 is 16.0. The molecule has 0 radical (unpaired) electrons. The second kappa shape index (κ2) is 11.0.